The van der Waals surface area contributed by atoms with Crippen molar-refractivity contribution in [2.24, 2.45) is 4.99 Å². The summed E-state index contributed by atoms with van der Waals surface area (Å²) in [6.45, 7) is 14.2. The molecular formula is C23H34N2O6S. The Bertz CT molecular complexity index is 877. The van der Waals surface area contributed by atoms with Crippen molar-refractivity contribution in [1.29, 1.82) is 0 Å². The predicted molar refractivity (Wildman–Crippen MR) is 126 cm³/mol. The third kappa shape index (κ3) is 6.46. The minimum atomic E-state index is -1.00. The molecule has 1 aromatic heterocycles. The van der Waals surface area contributed by atoms with E-state index in [1.165, 1.54) is 17.8 Å². The van der Waals surface area contributed by atoms with E-state index in [0.29, 0.717) is 41.9 Å². The molecule has 1 aliphatic heterocycles. The molecule has 0 saturated heterocycles. The fraction of sp³-hybridized carbons (Fsp3) is 0.609. The molecule has 0 bridgehead atoms. The van der Waals surface area contributed by atoms with Crippen LogP contribution in [0.5, 0.6) is 5.75 Å². The van der Waals surface area contributed by atoms with Crippen molar-refractivity contribution in [3.63, 3.8) is 0 Å². The molecular weight excluding hydrogens is 432 g/mol. The van der Waals surface area contributed by atoms with Crippen molar-refractivity contribution in [3.05, 3.63) is 41.0 Å². The van der Waals surface area contributed by atoms with Crippen LogP contribution in [0.1, 0.15) is 59.3 Å². The number of carbonyl (C=O) groups is 1. The van der Waals surface area contributed by atoms with Gasteiger partial charge in [0.2, 0.25) is 11.7 Å². The molecule has 1 aromatic rings. The van der Waals surface area contributed by atoms with Crippen LogP contribution >= 0.6 is 11.8 Å². The van der Waals surface area contributed by atoms with Gasteiger partial charge in [-0.2, -0.15) is 0 Å². The maximum absolute atomic E-state index is 13.3. The average molecular weight is 467 g/mol. The molecule has 1 unspecified atom stereocenters. The summed E-state index contributed by atoms with van der Waals surface area (Å²) < 4.78 is 22.5. The van der Waals surface area contributed by atoms with Crippen molar-refractivity contribution in [1.82, 2.24) is 5.32 Å². The van der Waals surface area contributed by atoms with Gasteiger partial charge in [-0.1, -0.05) is 26.0 Å². The van der Waals surface area contributed by atoms with Gasteiger partial charge < -0.3 is 23.9 Å². The van der Waals surface area contributed by atoms with Crippen LogP contribution < -0.4 is 15.7 Å². The Hall–Kier alpha value is -2.10. The highest BCUT2D eigenvalue weighted by atomic mass is 32.2. The van der Waals surface area contributed by atoms with Gasteiger partial charge in [0, 0.05) is 25.0 Å². The molecule has 2 heterocycles. The van der Waals surface area contributed by atoms with Crippen molar-refractivity contribution in [2.45, 2.75) is 64.8 Å². The van der Waals surface area contributed by atoms with Crippen molar-refractivity contribution in [2.75, 3.05) is 25.6 Å². The molecule has 0 radical (unpaired) electrons. The minimum Gasteiger partial charge on any atom is -0.489 e. The number of hydrogen-bond acceptors (Lipinski definition) is 8. The van der Waals surface area contributed by atoms with Crippen LogP contribution in [-0.4, -0.2) is 47.9 Å². The molecule has 9 heteroatoms. The van der Waals surface area contributed by atoms with E-state index in [-0.39, 0.29) is 12.5 Å². The lowest BCUT2D eigenvalue weighted by Crippen LogP contribution is -2.45. The molecule has 0 spiro atoms. The summed E-state index contributed by atoms with van der Waals surface area (Å²) in [5.74, 6) is -0.0698. The van der Waals surface area contributed by atoms with Crippen molar-refractivity contribution in [3.8, 4) is 5.75 Å². The number of nitrogens with zero attached hydrogens (tertiary/aromatic N) is 1. The molecule has 0 saturated carbocycles. The Kier molecular flexibility index (Phi) is 9.54. The molecule has 0 aromatic carbocycles. The second kappa shape index (κ2) is 11.7. The molecule has 2 rings (SSSR count). The zero-order valence-electron chi connectivity index (χ0n) is 19.6. The monoisotopic (exact) mass is 466 g/mol. The Balaban J connectivity index is 2.26. The number of nitrogens with one attached hydrogen (secondary N) is 1. The summed E-state index contributed by atoms with van der Waals surface area (Å²) in [6.07, 6.45) is 2.96. The first-order valence-electron chi connectivity index (χ1n) is 10.9. The first-order valence-corrected chi connectivity index (χ1v) is 11.9. The summed E-state index contributed by atoms with van der Waals surface area (Å²) in [6, 6.07) is 2.41. The van der Waals surface area contributed by atoms with Gasteiger partial charge in [0.1, 0.15) is 28.7 Å². The SMILES string of the molecule is C=CCOc1cc([C@@H](CCC)NC(=O)C2(C)CSC(C(C)(OCC)OCC)=N2)oc(=O)c1. The van der Waals surface area contributed by atoms with Crippen LogP contribution in [0, 0.1) is 0 Å². The minimum absolute atomic E-state index is 0.256. The van der Waals surface area contributed by atoms with E-state index in [1.54, 1.807) is 19.1 Å². The summed E-state index contributed by atoms with van der Waals surface area (Å²) in [4.78, 5) is 30.0. The van der Waals surface area contributed by atoms with Gasteiger partial charge >= 0.3 is 5.63 Å². The van der Waals surface area contributed by atoms with E-state index in [1.807, 2.05) is 27.7 Å². The summed E-state index contributed by atoms with van der Waals surface area (Å²) in [5.41, 5.74) is -1.54. The summed E-state index contributed by atoms with van der Waals surface area (Å²) in [5, 5.41) is 3.65. The topological polar surface area (TPSA) is 99.4 Å². The Morgan fingerprint density at radius 3 is 2.66 bits per heavy atom. The molecule has 1 N–H and O–H groups in total. The second-order valence-electron chi connectivity index (χ2n) is 7.72. The van der Waals surface area contributed by atoms with E-state index in [4.69, 9.17) is 23.6 Å². The van der Waals surface area contributed by atoms with Gasteiger partial charge in [-0.25, -0.2) is 4.79 Å². The maximum Gasteiger partial charge on any atom is 0.339 e. The van der Waals surface area contributed by atoms with E-state index in [9.17, 15) is 9.59 Å². The fourth-order valence-electron chi connectivity index (χ4n) is 3.33. The fourth-order valence-corrected chi connectivity index (χ4v) is 4.59. The molecule has 0 fully saturated rings. The molecule has 32 heavy (non-hydrogen) atoms. The second-order valence-corrected chi connectivity index (χ2v) is 8.68. The predicted octanol–water partition coefficient (Wildman–Crippen LogP) is 3.86. The lowest BCUT2D eigenvalue weighted by molar-refractivity contribution is -0.169. The highest BCUT2D eigenvalue weighted by Gasteiger charge is 2.45. The zero-order chi connectivity index (χ0) is 23.8. The standard InChI is InChI=1S/C23H34N2O6S/c1-7-11-17(18-13-16(28-12-8-2)14-19(26)31-18)24-20(27)22(5)15-32-21(25-22)23(6,29-9-3)30-10-4/h8,13-14,17H,2,7,9-12,15H2,1,3-6H3,(H,24,27)/t17-,22?/m1/s1. The summed E-state index contributed by atoms with van der Waals surface area (Å²) in [7, 11) is 0. The van der Waals surface area contributed by atoms with Gasteiger partial charge in [0.05, 0.1) is 12.1 Å². The van der Waals surface area contributed by atoms with Gasteiger partial charge in [-0.3, -0.25) is 9.79 Å². The zero-order valence-corrected chi connectivity index (χ0v) is 20.4. The third-order valence-corrected chi connectivity index (χ3v) is 6.35. The number of aliphatic imine (C=N–C) groups is 1. The number of ether oxygens (including phenoxy) is 3. The number of rotatable bonds is 13. The largest absolute Gasteiger partial charge is 0.489 e. The van der Waals surface area contributed by atoms with Crippen LogP contribution in [0.4, 0.5) is 0 Å². The van der Waals surface area contributed by atoms with E-state index >= 15 is 0 Å². The molecule has 2 atom stereocenters. The lowest BCUT2D eigenvalue weighted by Gasteiger charge is -2.28. The molecule has 178 valence electrons. The van der Waals surface area contributed by atoms with E-state index in [2.05, 4.69) is 11.9 Å². The van der Waals surface area contributed by atoms with E-state index in [0.717, 1.165) is 6.42 Å². The van der Waals surface area contributed by atoms with Crippen molar-refractivity contribution >= 4 is 22.7 Å². The van der Waals surface area contributed by atoms with Crippen LogP contribution in [0.3, 0.4) is 0 Å². The number of hydrogen-bond donors (Lipinski definition) is 1. The van der Waals surface area contributed by atoms with Crippen LogP contribution in [0.15, 0.2) is 39.0 Å². The average Bonchev–Trinajstić information content (AvgIpc) is 3.16. The number of carbonyl (C=O) groups excluding carboxylic acids is 1. The number of thioether (sulfide) groups is 1. The smallest absolute Gasteiger partial charge is 0.339 e. The van der Waals surface area contributed by atoms with Crippen molar-refractivity contribution < 1.29 is 23.4 Å². The van der Waals surface area contributed by atoms with Gasteiger partial charge in [-0.05, 0) is 34.1 Å². The summed E-state index contributed by atoms with van der Waals surface area (Å²) >= 11 is 1.45. The first-order chi connectivity index (χ1) is 15.2. The molecule has 0 aliphatic carbocycles. The van der Waals surface area contributed by atoms with Gasteiger partial charge in [0.25, 0.3) is 0 Å². The van der Waals surface area contributed by atoms with Gasteiger partial charge in [-0.15, -0.1) is 11.8 Å². The number of amides is 1. The molecule has 1 aliphatic rings. The first kappa shape index (κ1) is 26.2. The Morgan fingerprint density at radius 1 is 1.38 bits per heavy atom. The Morgan fingerprint density at radius 2 is 2.06 bits per heavy atom. The molecule has 1 amide bonds. The highest BCUT2D eigenvalue weighted by Crippen LogP contribution is 2.36. The van der Waals surface area contributed by atoms with Crippen LogP contribution in [0.2, 0.25) is 0 Å². The normalized spacial score (nSPS) is 19.3. The van der Waals surface area contributed by atoms with Gasteiger partial charge in [0.15, 0.2) is 0 Å². The highest BCUT2D eigenvalue weighted by molar-refractivity contribution is 8.14. The lowest BCUT2D eigenvalue weighted by atomic mass is 10.0. The Labute approximate surface area is 193 Å². The van der Waals surface area contributed by atoms with Crippen LogP contribution in [0.25, 0.3) is 0 Å². The maximum atomic E-state index is 13.3. The van der Waals surface area contributed by atoms with E-state index < -0.39 is 23.0 Å². The third-order valence-electron chi connectivity index (χ3n) is 4.91. The quantitative estimate of drug-likeness (QED) is 0.348. The van der Waals surface area contributed by atoms with Crippen LogP contribution in [-0.2, 0) is 14.3 Å². The molecule has 8 nitrogen and oxygen atoms in total.